The van der Waals surface area contributed by atoms with E-state index >= 15 is 0 Å². The molecule has 4 N–H and O–H groups in total. The van der Waals surface area contributed by atoms with E-state index in [0.29, 0.717) is 16.9 Å². The first-order valence-electron chi connectivity index (χ1n) is 8.18. The molecule has 11 heteroatoms. The van der Waals surface area contributed by atoms with E-state index in [0.717, 1.165) is 17.7 Å². The molecule has 152 valence electrons. The van der Waals surface area contributed by atoms with Gasteiger partial charge in [-0.25, -0.2) is 0 Å². The van der Waals surface area contributed by atoms with Gasteiger partial charge in [-0.1, -0.05) is 12.1 Å². The fraction of sp³-hybridized carbons (Fsp3) is 0.111. The average Bonchev–Trinajstić information content (AvgIpc) is 2.60. The van der Waals surface area contributed by atoms with Gasteiger partial charge in [0.05, 0.1) is 5.69 Å². The molecule has 0 aliphatic carbocycles. The van der Waals surface area contributed by atoms with Crippen LogP contribution in [0, 0.1) is 13.8 Å². The van der Waals surface area contributed by atoms with Crippen LogP contribution in [0.1, 0.15) is 11.1 Å². The predicted molar refractivity (Wildman–Crippen MR) is 108 cm³/mol. The van der Waals surface area contributed by atoms with Crippen molar-refractivity contribution in [1.29, 1.82) is 0 Å². The van der Waals surface area contributed by atoms with Gasteiger partial charge in [0.1, 0.15) is 15.5 Å². The van der Waals surface area contributed by atoms with Gasteiger partial charge in [0, 0.05) is 11.1 Å². The van der Waals surface area contributed by atoms with Gasteiger partial charge in [0.15, 0.2) is 0 Å². The molecule has 0 amide bonds. The third kappa shape index (κ3) is 4.27. The zero-order valence-corrected chi connectivity index (χ0v) is 17.0. The van der Waals surface area contributed by atoms with Gasteiger partial charge < -0.3 is 5.73 Å². The Balaban J connectivity index is 2.29. The second kappa shape index (κ2) is 7.19. The number of hydrogen-bond acceptors (Lipinski definition) is 7. The van der Waals surface area contributed by atoms with Crippen molar-refractivity contribution < 1.29 is 25.9 Å². The van der Waals surface area contributed by atoms with E-state index < -0.39 is 30.0 Å². The van der Waals surface area contributed by atoms with Crippen LogP contribution in [0.5, 0.6) is 0 Å². The second-order valence-corrected chi connectivity index (χ2v) is 9.22. The minimum atomic E-state index is -4.69. The van der Waals surface area contributed by atoms with Crippen LogP contribution in [0.25, 0.3) is 10.8 Å². The topological polar surface area (TPSA) is 159 Å². The molecule has 0 spiro atoms. The first-order chi connectivity index (χ1) is 13.4. The molecule has 0 radical (unpaired) electrons. The van der Waals surface area contributed by atoms with Crippen LogP contribution in [0.15, 0.2) is 62.5 Å². The van der Waals surface area contributed by atoms with Gasteiger partial charge in [-0.05, 0) is 60.7 Å². The summed E-state index contributed by atoms with van der Waals surface area (Å²) in [5.74, 6) is 0. The Bertz CT molecular complexity index is 1380. The number of fused-ring (bicyclic) bond motifs is 1. The minimum absolute atomic E-state index is 0.0292. The van der Waals surface area contributed by atoms with Crippen LogP contribution in [0.4, 0.5) is 17.1 Å². The molecule has 0 aliphatic heterocycles. The van der Waals surface area contributed by atoms with E-state index in [1.165, 1.54) is 18.2 Å². The highest BCUT2D eigenvalue weighted by molar-refractivity contribution is 7.86. The van der Waals surface area contributed by atoms with E-state index in [1.807, 2.05) is 0 Å². The molecule has 0 heterocycles. The summed E-state index contributed by atoms with van der Waals surface area (Å²) in [5.41, 5.74) is 7.95. The zero-order valence-electron chi connectivity index (χ0n) is 15.4. The number of anilines is 1. The number of azo groups is 1. The van der Waals surface area contributed by atoms with Crippen LogP contribution in [0.3, 0.4) is 0 Å². The molecule has 3 rings (SSSR count). The molecule has 0 saturated heterocycles. The fourth-order valence-electron chi connectivity index (χ4n) is 2.81. The smallest absolute Gasteiger partial charge is 0.296 e. The lowest BCUT2D eigenvalue weighted by Crippen LogP contribution is -2.01. The van der Waals surface area contributed by atoms with Gasteiger partial charge in [-0.15, -0.1) is 5.11 Å². The lowest BCUT2D eigenvalue weighted by atomic mass is 10.1. The van der Waals surface area contributed by atoms with Crippen molar-refractivity contribution in [3.8, 4) is 0 Å². The summed E-state index contributed by atoms with van der Waals surface area (Å²) >= 11 is 0. The van der Waals surface area contributed by atoms with Gasteiger partial charge >= 0.3 is 0 Å². The van der Waals surface area contributed by atoms with Gasteiger partial charge in [0.2, 0.25) is 0 Å². The second-order valence-electron chi connectivity index (χ2n) is 6.44. The summed E-state index contributed by atoms with van der Waals surface area (Å²) in [6.45, 7) is 3.51. The van der Waals surface area contributed by atoms with Crippen molar-refractivity contribution in [2.45, 2.75) is 23.6 Å². The molecule has 0 bridgehead atoms. The number of nitrogen functional groups attached to an aromatic ring is 1. The summed E-state index contributed by atoms with van der Waals surface area (Å²) in [4.78, 5) is -0.973. The molecular weight excluding hydrogens is 418 g/mol. The molecule has 0 aliphatic rings. The normalized spacial score (nSPS) is 12.7. The first-order valence-corrected chi connectivity index (χ1v) is 11.1. The van der Waals surface area contributed by atoms with Crippen molar-refractivity contribution in [3.63, 3.8) is 0 Å². The summed E-state index contributed by atoms with van der Waals surface area (Å²) in [5, 5.41) is 8.15. The fourth-order valence-corrected chi connectivity index (χ4v) is 4.16. The van der Waals surface area contributed by atoms with Crippen molar-refractivity contribution in [2.24, 2.45) is 10.2 Å². The molecule has 0 unspecified atom stereocenters. The Morgan fingerprint density at radius 1 is 0.793 bits per heavy atom. The molecule has 3 aromatic carbocycles. The van der Waals surface area contributed by atoms with Crippen molar-refractivity contribution in [1.82, 2.24) is 0 Å². The van der Waals surface area contributed by atoms with Crippen LogP contribution in [-0.4, -0.2) is 25.9 Å². The Kier molecular flexibility index (Phi) is 5.17. The number of hydrogen-bond donors (Lipinski definition) is 3. The summed E-state index contributed by atoms with van der Waals surface area (Å²) < 4.78 is 66.0. The van der Waals surface area contributed by atoms with Gasteiger partial charge in [-0.3, -0.25) is 9.11 Å². The molecule has 0 atom stereocenters. The maximum Gasteiger partial charge on any atom is 0.296 e. The van der Waals surface area contributed by atoms with Crippen LogP contribution < -0.4 is 5.73 Å². The number of nitrogens with zero attached hydrogens (tertiary/aromatic N) is 2. The van der Waals surface area contributed by atoms with E-state index in [1.54, 1.807) is 26.0 Å². The number of nitrogens with two attached hydrogens (primary N) is 1. The van der Waals surface area contributed by atoms with E-state index in [4.69, 9.17) is 5.73 Å². The third-order valence-corrected chi connectivity index (χ3v) is 6.12. The molecule has 9 nitrogen and oxygen atoms in total. The molecule has 0 saturated carbocycles. The maximum absolute atomic E-state index is 11.8. The van der Waals surface area contributed by atoms with Crippen molar-refractivity contribution in [3.05, 3.63) is 53.6 Å². The molecule has 0 aromatic heterocycles. The van der Waals surface area contributed by atoms with Crippen molar-refractivity contribution in [2.75, 3.05) is 5.73 Å². The molecular formula is C18H17N3O6S2. The van der Waals surface area contributed by atoms with E-state index in [9.17, 15) is 25.9 Å². The van der Waals surface area contributed by atoms with Gasteiger partial charge in [0.25, 0.3) is 20.2 Å². The number of benzene rings is 3. The minimum Gasteiger partial charge on any atom is -0.399 e. The van der Waals surface area contributed by atoms with Gasteiger partial charge in [-0.2, -0.15) is 21.9 Å². The average molecular weight is 435 g/mol. The maximum atomic E-state index is 11.8. The standard InChI is InChI=1S/C18H17N3O6S2/c1-10-7-15(11(2)6-14(10)19)20-21-16-9-13-12(8-18(16)29(25,26)27)4-3-5-17(13)28(22,23)24/h3-9H,19H2,1-2H3,(H,22,23,24)(H,25,26,27). The zero-order chi connectivity index (χ0) is 21.6. The SMILES string of the molecule is Cc1cc(N=Nc2cc3c(S(=O)(=O)O)cccc3cc2S(=O)(=O)O)c(C)cc1N. The molecule has 3 aromatic rings. The van der Waals surface area contributed by atoms with Crippen molar-refractivity contribution >= 4 is 48.1 Å². The molecule has 0 fully saturated rings. The predicted octanol–water partition coefficient (Wildman–Crippen LogP) is 3.95. The van der Waals surface area contributed by atoms with E-state index in [2.05, 4.69) is 10.2 Å². The van der Waals surface area contributed by atoms with Crippen LogP contribution in [-0.2, 0) is 20.2 Å². The van der Waals surface area contributed by atoms with E-state index in [-0.39, 0.29) is 16.5 Å². The Morgan fingerprint density at radius 3 is 2.03 bits per heavy atom. The monoisotopic (exact) mass is 435 g/mol. The summed E-state index contributed by atoms with van der Waals surface area (Å²) in [6.07, 6.45) is 0. The van der Waals surface area contributed by atoms with Crippen LogP contribution >= 0.6 is 0 Å². The molecule has 29 heavy (non-hydrogen) atoms. The first kappa shape index (κ1) is 20.9. The Hall–Kier alpha value is -2.86. The van der Waals surface area contributed by atoms with Crippen LogP contribution in [0.2, 0.25) is 0 Å². The largest absolute Gasteiger partial charge is 0.399 e. The summed E-state index contributed by atoms with van der Waals surface area (Å²) in [7, 11) is -9.27. The quantitative estimate of drug-likeness (QED) is 0.318. The number of aryl methyl sites for hydroxylation is 2. The third-order valence-electron chi connectivity index (χ3n) is 4.33. The lowest BCUT2D eigenvalue weighted by molar-refractivity contribution is 0.482. The Morgan fingerprint density at radius 2 is 1.41 bits per heavy atom. The lowest BCUT2D eigenvalue weighted by Gasteiger charge is -2.09. The highest BCUT2D eigenvalue weighted by Crippen LogP contribution is 2.35. The number of rotatable bonds is 4. The Labute approximate surface area is 167 Å². The highest BCUT2D eigenvalue weighted by Gasteiger charge is 2.21. The highest BCUT2D eigenvalue weighted by atomic mass is 32.2. The summed E-state index contributed by atoms with van der Waals surface area (Å²) in [6, 6.07) is 9.47.